The predicted molar refractivity (Wildman–Crippen MR) is 62.6 cm³/mol. The van der Waals surface area contributed by atoms with Crippen molar-refractivity contribution in [3.8, 4) is 0 Å². The van der Waals surface area contributed by atoms with Crippen LogP contribution in [0.15, 0.2) is 11.5 Å². The van der Waals surface area contributed by atoms with Crippen LogP contribution in [0, 0.1) is 5.92 Å². The molecule has 1 aliphatic heterocycles. The van der Waals surface area contributed by atoms with Crippen molar-refractivity contribution in [1.29, 1.82) is 0 Å². The zero-order valence-corrected chi connectivity index (χ0v) is 10.5. The van der Waals surface area contributed by atoms with Crippen LogP contribution in [0.1, 0.15) is 47.5 Å². The van der Waals surface area contributed by atoms with E-state index in [1.165, 1.54) is 11.9 Å². The van der Waals surface area contributed by atoms with Crippen LogP contribution in [-0.2, 0) is 9.31 Å². The second-order valence-corrected chi connectivity index (χ2v) is 5.85. The van der Waals surface area contributed by atoms with E-state index in [9.17, 15) is 0 Å². The van der Waals surface area contributed by atoms with Gasteiger partial charge in [0.15, 0.2) is 0 Å². The molecule has 0 bridgehead atoms. The summed E-state index contributed by atoms with van der Waals surface area (Å²) in [5, 5.41) is 0. The monoisotopic (exact) mass is 208 g/mol. The van der Waals surface area contributed by atoms with Crippen LogP contribution < -0.4 is 0 Å². The lowest BCUT2D eigenvalue weighted by atomic mass is 9.78. The van der Waals surface area contributed by atoms with Crippen LogP contribution in [0.4, 0.5) is 0 Å². The molecular formula is C12H21BO2. The van der Waals surface area contributed by atoms with E-state index in [0.29, 0.717) is 5.92 Å². The molecule has 0 unspecified atom stereocenters. The Balaban J connectivity index is 2.13. The summed E-state index contributed by atoms with van der Waals surface area (Å²) in [4.78, 5) is 0. The molecule has 0 aromatic heterocycles. The molecule has 0 aromatic carbocycles. The van der Waals surface area contributed by atoms with Gasteiger partial charge in [0.2, 0.25) is 0 Å². The van der Waals surface area contributed by atoms with Crippen molar-refractivity contribution in [2.75, 3.05) is 0 Å². The third kappa shape index (κ3) is 1.87. The first-order valence-electron chi connectivity index (χ1n) is 5.88. The standard InChI is InChI=1S/C12H21BO2/c1-9-6-7-10(8-9)13-14-11(2,3)12(4,5)15-13/h8-9H,6-7H2,1-5H3/t9-/m0/s1. The van der Waals surface area contributed by atoms with Gasteiger partial charge in [0, 0.05) is 0 Å². The molecule has 84 valence electrons. The van der Waals surface area contributed by atoms with Gasteiger partial charge < -0.3 is 9.31 Å². The van der Waals surface area contributed by atoms with Crippen molar-refractivity contribution in [3.05, 3.63) is 11.5 Å². The molecule has 0 N–H and O–H groups in total. The van der Waals surface area contributed by atoms with Crippen molar-refractivity contribution < 1.29 is 9.31 Å². The quantitative estimate of drug-likeness (QED) is 0.616. The molecule has 0 saturated carbocycles. The first-order chi connectivity index (χ1) is 6.82. The van der Waals surface area contributed by atoms with Crippen LogP contribution >= 0.6 is 0 Å². The van der Waals surface area contributed by atoms with Gasteiger partial charge in [-0.15, -0.1) is 0 Å². The average Bonchev–Trinajstić information content (AvgIpc) is 2.56. The second kappa shape index (κ2) is 3.36. The molecule has 2 nitrogen and oxygen atoms in total. The molecule has 0 radical (unpaired) electrons. The highest BCUT2D eigenvalue weighted by atomic mass is 16.7. The fourth-order valence-electron chi connectivity index (χ4n) is 2.12. The van der Waals surface area contributed by atoms with E-state index in [1.54, 1.807) is 0 Å². The molecule has 1 heterocycles. The van der Waals surface area contributed by atoms with Gasteiger partial charge in [-0.2, -0.15) is 0 Å². The minimum Gasteiger partial charge on any atom is -0.400 e. The molecule has 1 atom stereocenters. The second-order valence-electron chi connectivity index (χ2n) is 5.85. The summed E-state index contributed by atoms with van der Waals surface area (Å²) in [7, 11) is -0.111. The Hall–Kier alpha value is -0.275. The normalized spacial score (nSPS) is 33.3. The zero-order chi connectivity index (χ0) is 11.3. The molecule has 1 saturated heterocycles. The van der Waals surface area contributed by atoms with Gasteiger partial charge >= 0.3 is 7.12 Å². The van der Waals surface area contributed by atoms with Crippen molar-refractivity contribution in [2.24, 2.45) is 5.92 Å². The Morgan fingerprint density at radius 3 is 2.13 bits per heavy atom. The Kier molecular flexibility index (Phi) is 2.51. The molecule has 15 heavy (non-hydrogen) atoms. The largest absolute Gasteiger partial charge is 0.490 e. The summed E-state index contributed by atoms with van der Waals surface area (Å²) < 4.78 is 12.0. The minimum atomic E-state index is -0.204. The summed E-state index contributed by atoms with van der Waals surface area (Å²) in [5.74, 6) is 0.680. The Morgan fingerprint density at radius 1 is 1.20 bits per heavy atom. The summed E-state index contributed by atoms with van der Waals surface area (Å²) in [6.45, 7) is 10.7. The van der Waals surface area contributed by atoms with Gasteiger partial charge in [-0.25, -0.2) is 0 Å². The van der Waals surface area contributed by atoms with Crippen LogP contribution in [0.5, 0.6) is 0 Å². The topological polar surface area (TPSA) is 18.5 Å². The van der Waals surface area contributed by atoms with E-state index >= 15 is 0 Å². The van der Waals surface area contributed by atoms with Crippen molar-refractivity contribution in [3.63, 3.8) is 0 Å². The lowest BCUT2D eigenvalue weighted by Gasteiger charge is -2.32. The van der Waals surface area contributed by atoms with Gasteiger partial charge in [-0.1, -0.05) is 13.0 Å². The fraction of sp³-hybridized carbons (Fsp3) is 0.833. The maximum absolute atomic E-state index is 6.01. The van der Waals surface area contributed by atoms with E-state index in [2.05, 4.69) is 40.7 Å². The molecule has 1 aliphatic carbocycles. The Labute approximate surface area is 93.2 Å². The van der Waals surface area contributed by atoms with Crippen molar-refractivity contribution >= 4 is 7.12 Å². The third-order valence-electron chi connectivity index (χ3n) is 3.94. The molecule has 2 rings (SSSR count). The molecule has 2 aliphatic rings. The van der Waals surface area contributed by atoms with E-state index in [4.69, 9.17) is 9.31 Å². The van der Waals surface area contributed by atoms with Crippen LogP contribution in [0.2, 0.25) is 0 Å². The predicted octanol–water partition coefficient (Wildman–Crippen LogP) is 2.97. The Morgan fingerprint density at radius 2 is 1.73 bits per heavy atom. The molecular weight excluding hydrogens is 187 g/mol. The van der Waals surface area contributed by atoms with Crippen LogP contribution in [-0.4, -0.2) is 18.3 Å². The van der Waals surface area contributed by atoms with Gasteiger partial charge in [0.05, 0.1) is 11.2 Å². The van der Waals surface area contributed by atoms with Gasteiger partial charge in [-0.3, -0.25) is 0 Å². The van der Waals surface area contributed by atoms with E-state index < -0.39 is 0 Å². The molecule has 1 fully saturated rings. The van der Waals surface area contributed by atoms with E-state index in [-0.39, 0.29) is 18.3 Å². The maximum Gasteiger partial charge on any atom is 0.490 e. The van der Waals surface area contributed by atoms with E-state index in [0.717, 1.165) is 6.42 Å². The summed E-state index contributed by atoms with van der Waals surface area (Å²) in [6, 6.07) is 0. The number of allylic oxidation sites excluding steroid dienone is 2. The van der Waals surface area contributed by atoms with E-state index in [1.807, 2.05) is 0 Å². The molecule has 0 aromatic rings. The molecule has 0 amide bonds. The molecule has 3 heteroatoms. The fourth-order valence-corrected chi connectivity index (χ4v) is 2.12. The van der Waals surface area contributed by atoms with Gasteiger partial charge in [-0.05, 0) is 51.9 Å². The highest BCUT2D eigenvalue weighted by Gasteiger charge is 2.52. The first kappa shape index (κ1) is 11.2. The smallest absolute Gasteiger partial charge is 0.400 e. The van der Waals surface area contributed by atoms with Gasteiger partial charge in [0.25, 0.3) is 0 Å². The number of hydrogen-bond acceptors (Lipinski definition) is 2. The Bertz CT molecular complexity index is 278. The number of hydrogen-bond donors (Lipinski definition) is 0. The third-order valence-corrected chi connectivity index (χ3v) is 3.94. The van der Waals surface area contributed by atoms with Crippen molar-refractivity contribution in [1.82, 2.24) is 0 Å². The lowest BCUT2D eigenvalue weighted by Crippen LogP contribution is -2.41. The zero-order valence-electron chi connectivity index (χ0n) is 10.5. The summed E-state index contributed by atoms with van der Waals surface area (Å²) >= 11 is 0. The lowest BCUT2D eigenvalue weighted by molar-refractivity contribution is 0.00578. The highest BCUT2D eigenvalue weighted by molar-refractivity contribution is 6.54. The first-order valence-corrected chi connectivity index (χ1v) is 5.88. The molecule has 0 spiro atoms. The van der Waals surface area contributed by atoms with Crippen LogP contribution in [0.3, 0.4) is 0 Å². The maximum atomic E-state index is 6.01. The highest BCUT2D eigenvalue weighted by Crippen LogP contribution is 2.40. The average molecular weight is 208 g/mol. The SMILES string of the molecule is C[C@@H]1C=C(B2OC(C)(C)C(C)(C)O2)CC1. The summed E-state index contributed by atoms with van der Waals surface area (Å²) in [6.07, 6.45) is 4.67. The number of rotatable bonds is 1. The van der Waals surface area contributed by atoms with Crippen molar-refractivity contribution in [2.45, 2.75) is 58.7 Å². The minimum absolute atomic E-state index is 0.111. The summed E-state index contributed by atoms with van der Waals surface area (Å²) in [5.41, 5.74) is 0.926. The van der Waals surface area contributed by atoms with Crippen LogP contribution in [0.25, 0.3) is 0 Å². The van der Waals surface area contributed by atoms with Gasteiger partial charge in [0.1, 0.15) is 0 Å².